The van der Waals surface area contributed by atoms with Crippen LogP contribution in [0, 0.1) is 5.92 Å². The number of hydrogen-bond acceptors (Lipinski definition) is 6. The minimum Gasteiger partial charge on any atom is -0.493 e. The highest BCUT2D eigenvalue weighted by Crippen LogP contribution is 2.35. The van der Waals surface area contributed by atoms with Crippen LogP contribution in [0.3, 0.4) is 0 Å². The highest BCUT2D eigenvalue weighted by Gasteiger charge is 2.24. The summed E-state index contributed by atoms with van der Waals surface area (Å²) in [7, 11) is 1.64. The third kappa shape index (κ3) is 5.35. The number of hydrogen-bond donors (Lipinski definition) is 0. The second-order valence-electron chi connectivity index (χ2n) is 9.41. The number of nitrogens with zero attached hydrogens (tertiary/aromatic N) is 3. The summed E-state index contributed by atoms with van der Waals surface area (Å²) in [5.74, 6) is 2.02. The van der Waals surface area contributed by atoms with E-state index < -0.39 is 0 Å². The first-order valence-corrected chi connectivity index (χ1v) is 12.5. The Kier molecular flexibility index (Phi) is 6.89. The van der Waals surface area contributed by atoms with Gasteiger partial charge in [0.05, 0.1) is 19.4 Å². The minimum atomic E-state index is -0.0675. The maximum atomic E-state index is 13.3. The Hall–Kier alpha value is -3.87. The van der Waals surface area contributed by atoms with Crippen LogP contribution in [0.2, 0.25) is 0 Å². The molecule has 0 atom stereocenters. The molecule has 1 saturated heterocycles. The second-order valence-corrected chi connectivity index (χ2v) is 9.41. The van der Waals surface area contributed by atoms with E-state index in [1.54, 1.807) is 20.1 Å². The van der Waals surface area contributed by atoms with Crippen LogP contribution in [-0.4, -0.2) is 61.5 Å². The third-order valence-corrected chi connectivity index (χ3v) is 6.80. The molecule has 1 amide bonds. The van der Waals surface area contributed by atoms with Gasteiger partial charge in [-0.05, 0) is 80.3 Å². The fourth-order valence-electron chi connectivity index (χ4n) is 4.39. The molecule has 5 rings (SSSR count). The van der Waals surface area contributed by atoms with Crippen LogP contribution in [0.5, 0.6) is 11.5 Å². The number of ether oxygens (including phenoxy) is 2. The number of anilines is 1. The van der Waals surface area contributed by atoms with E-state index in [4.69, 9.17) is 14.5 Å². The fraction of sp³-hybridized carbons (Fsp3) is 0.345. The second kappa shape index (κ2) is 10.4. The summed E-state index contributed by atoms with van der Waals surface area (Å²) >= 11 is 0. The van der Waals surface area contributed by atoms with Crippen molar-refractivity contribution in [3.8, 4) is 22.8 Å². The molecule has 2 fully saturated rings. The van der Waals surface area contributed by atoms with Crippen molar-refractivity contribution in [2.45, 2.75) is 19.8 Å². The molecule has 0 spiro atoms. The number of carbonyl (C=O) groups is 2. The van der Waals surface area contributed by atoms with E-state index in [-0.39, 0.29) is 11.7 Å². The molecule has 0 N–H and O–H groups in total. The first-order valence-electron chi connectivity index (χ1n) is 12.5. The average molecular weight is 486 g/mol. The number of aromatic nitrogens is 1. The number of piperazine rings is 1. The first kappa shape index (κ1) is 23.9. The van der Waals surface area contributed by atoms with Gasteiger partial charge in [0.1, 0.15) is 5.69 Å². The van der Waals surface area contributed by atoms with Crippen molar-refractivity contribution in [1.29, 1.82) is 0 Å². The Morgan fingerprint density at radius 1 is 0.944 bits per heavy atom. The summed E-state index contributed by atoms with van der Waals surface area (Å²) in [5.41, 5.74) is 3.81. The SMILES string of the molecule is COc1ccc(-c2cccc(C(=O)N3CCN(c4ccc(C(C)=O)cc4)CC3)n2)cc1OCC1CC1. The summed E-state index contributed by atoms with van der Waals surface area (Å²) in [4.78, 5) is 33.6. The van der Waals surface area contributed by atoms with Gasteiger partial charge >= 0.3 is 0 Å². The number of amides is 1. The van der Waals surface area contributed by atoms with Gasteiger partial charge < -0.3 is 19.3 Å². The van der Waals surface area contributed by atoms with Crippen LogP contribution in [-0.2, 0) is 0 Å². The zero-order chi connectivity index (χ0) is 25.1. The smallest absolute Gasteiger partial charge is 0.272 e. The minimum absolute atomic E-state index is 0.0587. The van der Waals surface area contributed by atoms with E-state index in [2.05, 4.69) is 4.90 Å². The molecule has 1 aromatic heterocycles. The van der Waals surface area contributed by atoms with Crippen molar-refractivity contribution in [1.82, 2.24) is 9.88 Å². The lowest BCUT2D eigenvalue weighted by atomic mass is 10.1. The first-order chi connectivity index (χ1) is 17.5. The summed E-state index contributed by atoms with van der Waals surface area (Å²) in [6, 6.07) is 19.0. The highest BCUT2D eigenvalue weighted by atomic mass is 16.5. The Morgan fingerprint density at radius 3 is 2.36 bits per heavy atom. The molecular formula is C29H31N3O4. The fourth-order valence-corrected chi connectivity index (χ4v) is 4.39. The zero-order valence-electron chi connectivity index (χ0n) is 20.8. The Balaban J connectivity index is 1.26. The van der Waals surface area contributed by atoms with Crippen molar-refractivity contribution < 1.29 is 19.1 Å². The molecule has 0 radical (unpaired) electrons. The Bertz CT molecular complexity index is 1250. The monoisotopic (exact) mass is 485 g/mol. The van der Waals surface area contributed by atoms with Crippen molar-refractivity contribution >= 4 is 17.4 Å². The molecule has 2 heterocycles. The highest BCUT2D eigenvalue weighted by molar-refractivity contribution is 5.94. The van der Waals surface area contributed by atoms with Gasteiger partial charge in [-0.25, -0.2) is 4.98 Å². The molecule has 1 aliphatic heterocycles. The maximum Gasteiger partial charge on any atom is 0.272 e. The molecule has 2 aliphatic rings. The number of Topliss-reactive ketones (excluding diaryl/α,β-unsaturated/α-hetero) is 1. The molecule has 7 heteroatoms. The van der Waals surface area contributed by atoms with E-state index in [9.17, 15) is 9.59 Å². The molecule has 186 valence electrons. The summed E-state index contributed by atoms with van der Waals surface area (Å²) in [6.07, 6.45) is 2.43. The number of ketones is 1. The Morgan fingerprint density at radius 2 is 1.69 bits per heavy atom. The van der Waals surface area contributed by atoms with Gasteiger partial charge in [-0.15, -0.1) is 0 Å². The summed E-state index contributed by atoms with van der Waals surface area (Å²) in [5, 5.41) is 0. The van der Waals surface area contributed by atoms with Crippen molar-refractivity contribution in [2.24, 2.45) is 5.92 Å². The molecule has 2 aromatic carbocycles. The van der Waals surface area contributed by atoms with Crippen LogP contribution in [0.1, 0.15) is 40.6 Å². The molecule has 3 aromatic rings. The number of methoxy groups -OCH3 is 1. The van der Waals surface area contributed by atoms with Gasteiger partial charge in [0, 0.05) is 43.0 Å². The number of pyridine rings is 1. The lowest BCUT2D eigenvalue weighted by Crippen LogP contribution is -2.49. The predicted molar refractivity (Wildman–Crippen MR) is 139 cm³/mol. The van der Waals surface area contributed by atoms with Gasteiger partial charge in [-0.3, -0.25) is 9.59 Å². The van der Waals surface area contributed by atoms with Gasteiger partial charge in [0.15, 0.2) is 17.3 Å². The zero-order valence-corrected chi connectivity index (χ0v) is 20.8. The average Bonchev–Trinajstić information content (AvgIpc) is 3.76. The van der Waals surface area contributed by atoms with E-state index in [0.29, 0.717) is 48.4 Å². The molecule has 0 bridgehead atoms. The quantitative estimate of drug-likeness (QED) is 0.430. The largest absolute Gasteiger partial charge is 0.493 e. The lowest BCUT2D eigenvalue weighted by Gasteiger charge is -2.36. The molecule has 0 unspecified atom stereocenters. The predicted octanol–water partition coefficient (Wildman–Crippen LogP) is 4.71. The summed E-state index contributed by atoms with van der Waals surface area (Å²) in [6.45, 7) is 4.94. The van der Waals surface area contributed by atoms with Crippen LogP contribution in [0.15, 0.2) is 60.7 Å². The van der Waals surface area contributed by atoms with Gasteiger partial charge in [-0.1, -0.05) is 6.07 Å². The van der Waals surface area contributed by atoms with Crippen LogP contribution in [0.4, 0.5) is 5.69 Å². The van der Waals surface area contributed by atoms with E-state index in [0.717, 1.165) is 30.0 Å². The number of carbonyl (C=O) groups excluding carboxylic acids is 2. The molecule has 7 nitrogen and oxygen atoms in total. The molecular weight excluding hydrogens is 454 g/mol. The lowest BCUT2D eigenvalue weighted by molar-refractivity contribution is 0.0740. The van der Waals surface area contributed by atoms with Crippen LogP contribution < -0.4 is 14.4 Å². The summed E-state index contributed by atoms with van der Waals surface area (Å²) < 4.78 is 11.5. The van der Waals surface area contributed by atoms with Crippen molar-refractivity contribution in [3.05, 3.63) is 71.9 Å². The van der Waals surface area contributed by atoms with E-state index >= 15 is 0 Å². The third-order valence-electron chi connectivity index (χ3n) is 6.80. The normalized spacial score (nSPS) is 15.5. The number of benzene rings is 2. The number of rotatable bonds is 8. The van der Waals surface area contributed by atoms with E-state index in [1.807, 2.05) is 59.5 Å². The van der Waals surface area contributed by atoms with Crippen LogP contribution in [0.25, 0.3) is 11.3 Å². The molecule has 36 heavy (non-hydrogen) atoms. The maximum absolute atomic E-state index is 13.3. The Labute approximate surface area is 211 Å². The topological polar surface area (TPSA) is 72.0 Å². The van der Waals surface area contributed by atoms with E-state index in [1.165, 1.54) is 12.8 Å². The van der Waals surface area contributed by atoms with Gasteiger partial charge in [0.2, 0.25) is 0 Å². The van der Waals surface area contributed by atoms with Gasteiger partial charge in [-0.2, -0.15) is 0 Å². The van der Waals surface area contributed by atoms with Crippen LogP contribution >= 0.6 is 0 Å². The van der Waals surface area contributed by atoms with Gasteiger partial charge in [0.25, 0.3) is 5.91 Å². The standard InChI is InChI=1S/C29H31N3O4/c1-20(33)22-8-11-24(12-9-22)31-14-16-32(17-15-31)29(34)26-5-3-4-25(30-26)23-10-13-27(35-2)28(18-23)36-19-21-6-7-21/h3-5,8-13,18,21H,6-7,14-17,19H2,1-2H3. The molecule has 1 aliphatic carbocycles. The molecule has 1 saturated carbocycles. The van der Waals surface area contributed by atoms with Crippen molar-refractivity contribution in [3.63, 3.8) is 0 Å². The van der Waals surface area contributed by atoms with Crippen molar-refractivity contribution in [2.75, 3.05) is 44.8 Å².